The molecule has 2 aliphatic heterocycles. The molecule has 0 saturated carbocycles. The average molecular weight is 320 g/mol. The second-order valence-corrected chi connectivity index (χ2v) is 7.15. The Morgan fingerprint density at radius 3 is 2.58 bits per heavy atom. The molecule has 24 heavy (non-hydrogen) atoms. The van der Waals surface area contributed by atoms with Crippen molar-refractivity contribution in [1.82, 2.24) is 10.2 Å². The summed E-state index contributed by atoms with van der Waals surface area (Å²) in [7, 11) is 2.17. The van der Waals surface area contributed by atoms with E-state index in [1.54, 1.807) is 0 Å². The molecule has 0 radical (unpaired) electrons. The van der Waals surface area contributed by atoms with Gasteiger partial charge in [-0.05, 0) is 47.7 Å². The van der Waals surface area contributed by atoms with E-state index in [0.717, 1.165) is 37.2 Å². The molecule has 2 atom stereocenters. The van der Waals surface area contributed by atoms with Crippen LogP contribution in [-0.4, -0.2) is 37.5 Å². The van der Waals surface area contributed by atoms with Crippen molar-refractivity contribution < 1.29 is 4.79 Å². The van der Waals surface area contributed by atoms with E-state index in [1.165, 1.54) is 16.7 Å². The topological polar surface area (TPSA) is 32.3 Å². The lowest BCUT2D eigenvalue weighted by molar-refractivity contribution is 0.0951. The number of carbonyl (C=O) groups excluding carboxylic acids is 1. The van der Waals surface area contributed by atoms with Crippen molar-refractivity contribution in [1.29, 1.82) is 0 Å². The Balaban J connectivity index is 1.74. The summed E-state index contributed by atoms with van der Waals surface area (Å²) >= 11 is 0. The molecular weight excluding hydrogens is 296 g/mol. The highest BCUT2D eigenvalue weighted by atomic mass is 16.1. The maximum atomic E-state index is 12.6. The van der Waals surface area contributed by atoms with Crippen LogP contribution in [0.15, 0.2) is 42.5 Å². The van der Waals surface area contributed by atoms with Gasteiger partial charge in [0.15, 0.2) is 0 Å². The van der Waals surface area contributed by atoms with Crippen LogP contribution in [0, 0.1) is 5.92 Å². The van der Waals surface area contributed by atoms with Gasteiger partial charge in [-0.25, -0.2) is 0 Å². The molecule has 0 bridgehead atoms. The number of benzene rings is 2. The van der Waals surface area contributed by atoms with Gasteiger partial charge in [-0.2, -0.15) is 0 Å². The van der Waals surface area contributed by atoms with Crippen molar-refractivity contribution in [3.8, 4) is 11.1 Å². The minimum absolute atomic E-state index is 0.0779. The lowest BCUT2D eigenvalue weighted by Crippen LogP contribution is -2.29. The van der Waals surface area contributed by atoms with E-state index in [0.29, 0.717) is 11.8 Å². The van der Waals surface area contributed by atoms with Gasteiger partial charge in [-0.1, -0.05) is 43.3 Å². The molecule has 0 aromatic heterocycles. The summed E-state index contributed by atoms with van der Waals surface area (Å²) in [5.41, 5.74) is 5.70. The molecule has 2 aromatic rings. The van der Waals surface area contributed by atoms with Gasteiger partial charge in [-0.15, -0.1) is 0 Å². The summed E-state index contributed by atoms with van der Waals surface area (Å²) in [5.74, 6) is 1.06. The zero-order chi connectivity index (χ0) is 16.7. The van der Waals surface area contributed by atoms with Crippen molar-refractivity contribution in [3.63, 3.8) is 0 Å². The number of likely N-dealkylation sites (N-methyl/N-ethyl adjacent to an activating group) is 1. The highest BCUT2D eigenvalue weighted by molar-refractivity contribution is 5.97. The maximum absolute atomic E-state index is 12.6. The SMILES string of the molecule is CCc1ccc(-c2ccc3c(c2)C(=O)NCC2CN(C)CC32)cc1. The van der Waals surface area contributed by atoms with Gasteiger partial charge < -0.3 is 10.2 Å². The van der Waals surface area contributed by atoms with Crippen LogP contribution in [0.2, 0.25) is 0 Å². The fourth-order valence-corrected chi connectivity index (χ4v) is 4.15. The molecule has 2 aromatic carbocycles. The van der Waals surface area contributed by atoms with Crippen molar-refractivity contribution >= 4 is 5.91 Å². The number of fused-ring (bicyclic) bond motifs is 3. The fraction of sp³-hybridized carbons (Fsp3) is 0.381. The molecule has 0 spiro atoms. The van der Waals surface area contributed by atoms with E-state index in [4.69, 9.17) is 0 Å². The zero-order valence-corrected chi connectivity index (χ0v) is 14.4. The molecule has 124 valence electrons. The van der Waals surface area contributed by atoms with Crippen LogP contribution in [-0.2, 0) is 6.42 Å². The molecule has 3 nitrogen and oxygen atoms in total. The summed E-state index contributed by atoms with van der Waals surface area (Å²) in [4.78, 5) is 14.9. The number of hydrogen-bond donors (Lipinski definition) is 1. The van der Waals surface area contributed by atoms with Crippen LogP contribution in [0.4, 0.5) is 0 Å². The van der Waals surface area contributed by atoms with Crippen LogP contribution in [0.5, 0.6) is 0 Å². The Bertz CT molecular complexity index is 766. The number of amides is 1. The predicted molar refractivity (Wildman–Crippen MR) is 97.3 cm³/mol. The van der Waals surface area contributed by atoms with Gasteiger partial charge in [0.1, 0.15) is 0 Å². The van der Waals surface area contributed by atoms with Gasteiger partial charge in [0, 0.05) is 31.1 Å². The van der Waals surface area contributed by atoms with Gasteiger partial charge in [-0.3, -0.25) is 4.79 Å². The third-order valence-corrected chi connectivity index (χ3v) is 5.54. The summed E-state index contributed by atoms with van der Waals surface area (Å²) in [5, 5.41) is 3.12. The third-order valence-electron chi connectivity index (χ3n) is 5.54. The standard InChI is InChI=1S/C21H24N2O/c1-3-14-4-6-15(7-5-14)16-8-9-18-19(10-16)21(24)22-11-17-12-23(2)13-20(17)18/h4-10,17,20H,3,11-13H2,1-2H3,(H,22,24). The molecule has 2 heterocycles. The van der Waals surface area contributed by atoms with Gasteiger partial charge in [0.2, 0.25) is 0 Å². The van der Waals surface area contributed by atoms with Crippen LogP contribution in [0.3, 0.4) is 0 Å². The van der Waals surface area contributed by atoms with Crippen molar-refractivity contribution in [2.75, 3.05) is 26.7 Å². The van der Waals surface area contributed by atoms with E-state index in [-0.39, 0.29) is 5.91 Å². The second-order valence-electron chi connectivity index (χ2n) is 7.15. The Morgan fingerprint density at radius 2 is 1.83 bits per heavy atom. The number of rotatable bonds is 2. The number of hydrogen-bond acceptors (Lipinski definition) is 2. The zero-order valence-electron chi connectivity index (χ0n) is 14.4. The van der Waals surface area contributed by atoms with Crippen LogP contribution in [0.25, 0.3) is 11.1 Å². The minimum atomic E-state index is 0.0779. The van der Waals surface area contributed by atoms with Crippen LogP contribution in [0.1, 0.15) is 34.3 Å². The molecule has 1 amide bonds. The quantitative estimate of drug-likeness (QED) is 0.921. The molecule has 2 aliphatic rings. The molecule has 1 N–H and O–H groups in total. The molecule has 3 heteroatoms. The summed E-state index contributed by atoms with van der Waals surface area (Å²) in [6.07, 6.45) is 1.05. The van der Waals surface area contributed by atoms with E-state index in [9.17, 15) is 4.79 Å². The first kappa shape index (κ1) is 15.4. The van der Waals surface area contributed by atoms with Crippen molar-refractivity contribution in [3.05, 3.63) is 59.2 Å². The number of carbonyl (C=O) groups is 1. The lowest BCUT2D eigenvalue weighted by Gasteiger charge is -2.17. The van der Waals surface area contributed by atoms with Crippen molar-refractivity contribution in [2.24, 2.45) is 5.92 Å². The Hall–Kier alpha value is -2.13. The van der Waals surface area contributed by atoms with Gasteiger partial charge in [0.05, 0.1) is 0 Å². The fourth-order valence-electron chi connectivity index (χ4n) is 4.15. The number of aryl methyl sites for hydroxylation is 1. The van der Waals surface area contributed by atoms with Crippen molar-refractivity contribution in [2.45, 2.75) is 19.3 Å². The molecular formula is C21H24N2O. The first-order chi connectivity index (χ1) is 11.7. The second kappa shape index (κ2) is 6.06. The van der Waals surface area contributed by atoms with Gasteiger partial charge in [0.25, 0.3) is 5.91 Å². The van der Waals surface area contributed by atoms with E-state index < -0.39 is 0 Å². The smallest absolute Gasteiger partial charge is 0.251 e. The molecule has 2 unspecified atom stereocenters. The average Bonchev–Trinajstić information content (AvgIpc) is 2.94. The van der Waals surface area contributed by atoms with E-state index in [2.05, 4.69) is 66.7 Å². The molecule has 4 rings (SSSR count). The van der Waals surface area contributed by atoms with Crippen LogP contribution < -0.4 is 5.32 Å². The normalized spacial score (nSPS) is 23.3. The number of nitrogens with zero attached hydrogens (tertiary/aromatic N) is 1. The van der Waals surface area contributed by atoms with E-state index >= 15 is 0 Å². The molecule has 1 fully saturated rings. The third kappa shape index (κ3) is 2.63. The summed E-state index contributed by atoms with van der Waals surface area (Å²) < 4.78 is 0. The number of likely N-dealkylation sites (tertiary alicyclic amines) is 1. The highest BCUT2D eigenvalue weighted by Crippen LogP contribution is 2.37. The number of nitrogens with one attached hydrogen (secondary N) is 1. The largest absolute Gasteiger partial charge is 0.352 e. The monoisotopic (exact) mass is 320 g/mol. The predicted octanol–water partition coefficient (Wildman–Crippen LogP) is 3.30. The molecule has 1 saturated heterocycles. The highest BCUT2D eigenvalue weighted by Gasteiger charge is 2.36. The lowest BCUT2D eigenvalue weighted by atomic mass is 9.86. The van der Waals surface area contributed by atoms with Gasteiger partial charge >= 0.3 is 0 Å². The first-order valence-electron chi connectivity index (χ1n) is 8.85. The first-order valence-corrected chi connectivity index (χ1v) is 8.85. The summed E-state index contributed by atoms with van der Waals surface area (Å²) in [6.45, 7) is 5.04. The maximum Gasteiger partial charge on any atom is 0.251 e. The minimum Gasteiger partial charge on any atom is -0.352 e. The Kier molecular flexibility index (Phi) is 3.89. The van der Waals surface area contributed by atoms with Crippen LogP contribution >= 0.6 is 0 Å². The molecule has 0 aliphatic carbocycles. The Labute approximate surface area is 143 Å². The van der Waals surface area contributed by atoms with E-state index in [1.807, 2.05) is 0 Å². The Morgan fingerprint density at radius 1 is 1.08 bits per heavy atom. The summed E-state index contributed by atoms with van der Waals surface area (Å²) in [6, 6.07) is 15.1.